The Morgan fingerprint density at radius 1 is 1.06 bits per heavy atom. The number of unbranched alkanes of at least 4 members (excludes halogenated alkanes) is 1. The summed E-state index contributed by atoms with van der Waals surface area (Å²) in [7, 11) is 0. The second-order valence-electron chi connectivity index (χ2n) is 7.92. The molecule has 0 amide bonds. The number of anilines is 2. The summed E-state index contributed by atoms with van der Waals surface area (Å²) in [5, 5.41) is 19.9. The van der Waals surface area contributed by atoms with E-state index in [1.54, 1.807) is 6.20 Å². The highest BCUT2D eigenvalue weighted by molar-refractivity contribution is 5.85. The van der Waals surface area contributed by atoms with Gasteiger partial charge in [-0.05, 0) is 29.7 Å². The molecule has 0 radical (unpaired) electrons. The first-order valence-corrected chi connectivity index (χ1v) is 11.4. The number of aliphatic hydroxyl groups excluding tert-OH is 1. The molecule has 0 aliphatic carbocycles. The highest BCUT2D eigenvalue weighted by Crippen LogP contribution is 2.22. The topological polar surface area (TPSA) is 136 Å². The van der Waals surface area contributed by atoms with Gasteiger partial charge in [0, 0.05) is 31.9 Å². The lowest BCUT2D eigenvalue weighted by Crippen LogP contribution is -2.17. The van der Waals surface area contributed by atoms with Crippen molar-refractivity contribution in [2.45, 2.75) is 32.9 Å². The number of nitrogen functional groups attached to an aromatic ring is 1. The first-order valence-electron chi connectivity index (χ1n) is 11.4. The molecule has 5 N–H and O–H groups in total. The zero-order valence-corrected chi connectivity index (χ0v) is 19.2. The Bertz CT molecular complexity index is 1190. The third-order valence-electron chi connectivity index (χ3n) is 5.16. The van der Waals surface area contributed by atoms with E-state index in [-0.39, 0.29) is 12.6 Å². The molecular formula is C24H30N8O2. The van der Waals surface area contributed by atoms with Crippen molar-refractivity contribution in [1.29, 1.82) is 0 Å². The summed E-state index contributed by atoms with van der Waals surface area (Å²) < 4.78 is 7.66. The molecule has 4 rings (SSSR count). The van der Waals surface area contributed by atoms with Crippen molar-refractivity contribution in [1.82, 2.24) is 30.0 Å². The van der Waals surface area contributed by atoms with E-state index in [4.69, 9.17) is 15.6 Å². The normalized spacial score (nSPS) is 11.1. The number of fused-ring (bicyclic) bond motifs is 1. The average molecular weight is 463 g/mol. The standard InChI is InChI=1S/C24H30N8O2/c1-2-3-10-27-23-22-20(29-24(25)30-23)16-32(31-22)15-18-6-9-21(28-14-18)34-19-7-4-17(5-8-19)13-26-11-12-33/h4-9,14,16,26,33H,2-3,10-13,15H2,1H3,(H3,25,27,29,30). The summed E-state index contributed by atoms with van der Waals surface area (Å²) in [4.78, 5) is 13.0. The van der Waals surface area contributed by atoms with Crippen LogP contribution in [0.3, 0.4) is 0 Å². The van der Waals surface area contributed by atoms with E-state index in [2.05, 4.69) is 37.6 Å². The maximum absolute atomic E-state index is 8.84. The van der Waals surface area contributed by atoms with E-state index in [1.165, 1.54) is 0 Å². The van der Waals surface area contributed by atoms with Gasteiger partial charge in [0.25, 0.3) is 0 Å². The largest absolute Gasteiger partial charge is 0.439 e. The van der Waals surface area contributed by atoms with E-state index in [0.29, 0.717) is 48.1 Å². The number of aromatic nitrogens is 5. The van der Waals surface area contributed by atoms with Gasteiger partial charge in [-0.15, -0.1) is 0 Å². The highest BCUT2D eigenvalue weighted by Gasteiger charge is 2.11. The van der Waals surface area contributed by atoms with Crippen LogP contribution in [0.5, 0.6) is 11.6 Å². The fourth-order valence-corrected chi connectivity index (χ4v) is 3.42. The van der Waals surface area contributed by atoms with E-state index in [1.807, 2.05) is 47.3 Å². The second kappa shape index (κ2) is 11.4. The Balaban J connectivity index is 1.39. The molecule has 0 bridgehead atoms. The van der Waals surface area contributed by atoms with Gasteiger partial charge in [-0.3, -0.25) is 4.68 Å². The smallest absolute Gasteiger partial charge is 0.222 e. The lowest BCUT2D eigenvalue weighted by Gasteiger charge is -2.08. The minimum atomic E-state index is 0.125. The molecule has 0 spiro atoms. The molecule has 4 aromatic rings. The van der Waals surface area contributed by atoms with Crippen molar-refractivity contribution in [3.8, 4) is 11.6 Å². The SMILES string of the molecule is CCCCNc1nc(N)nc2cn(Cc3ccc(Oc4ccc(CNCCO)cc4)nc3)nc12. The molecule has 0 aliphatic rings. The van der Waals surface area contributed by atoms with Crippen LogP contribution in [0.4, 0.5) is 11.8 Å². The lowest BCUT2D eigenvalue weighted by atomic mass is 10.2. The third kappa shape index (κ3) is 6.18. The Morgan fingerprint density at radius 3 is 2.62 bits per heavy atom. The van der Waals surface area contributed by atoms with Gasteiger partial charge in [-0.2, -0.15) is 10.1 Å². The van der Waals surface area contributed by atoms with Gasteiger partial charge in [0.05, 0.1) is 19.3 Å². The predicted molar refractivity (Wildman–Crippen MR) is 132 cm³/mol. The fraction of sp³-hybridized carbons (Fsp3) is 0.333. The number of nitrogens with two attached hydrogens (primary N) is 1. The van der Waals surface area contributed by atoms with E-state index in [9.17, 15) is 0 Å². The number of aliphatic hydroxyl groups is 1. The lowest BCUT2D eigenvalue weighted by molar-refractivity contribution is 0.292. The molecular weight excluding hydrogens is 432 g/mol. The van der Waals surface area contributed by atoms with Gasteiger partial charge in [-0.1, -0.05) is 31.5 Å². The number of hydrogen-bond acceptors (Lipinski definition) is 9. The zero-order valence-electron chi connectivity index (χ0n) is 19.2. The van der Waals surface area contributed by atoms with Gasteiger partial charge in [0.15, 0.2) is 11.3 Å². The average Bonchev–Trinajstić information content (AvgIpc) is 3.24. The van der Waals surface area contributed by atoms with Crippen LogP contribution in [0.15, 0.2) is 48.8 Å². The van der Waals surface area contributed by atoms with Crippen molar-refractivity contribution in [3.63, 3.8) is 0 Å². The molecule has 0 fully saturated rings. The molecule has 3 heterocycles. The summed E-state index contributed by atoms with van der Waals surface area (Å²) in [6.07, 6.45) is 5.76. The molecule has 0 unspecified atom stereocenters. The van der Waals surface area contributed by atoms with Gasteiger partial charge in [0.1, 0.15) is 11.3 Å². The number of rotatable bonds is 12. The number of ether oxygens (including phenoxy) is 1. The predicted octanol–water partition coefficient (Wildman–Crippen LogP) is 2.94. The van der Waals surface area contributed by atoms with Crippen LogP contribution in [-0.2, 0) is 13.1 Å². The van der Waals surface area contributed by atoms with Crippen LogP contribution >= 0.6 is 0 Å². The molecule has 10 heteroatoms. The molecule has 10 nitrogen and oxygen atoms in total. The van der Waals surface area contributed by atoms with Gasteiger partial charge in [-0.25, -0.2) is 9.97 Å². The van der Waals surface area contributed by atoms with Gasteiger partial charge < -0.3 is 26.2 Å². The number of pyridine rings is 1. The monoisotopic (exact) mass is 462 g/mol. The summed E-state index contributed by atoms with van der Waals surface area (Å²) >= 11 is 0. The maximum Gasteiger partial charge on any atom is 0.222 e. The Kier molecular flexibility index (Phi) is 7.84. The number of nitrogens with one attached hydrogen (secondary N) is 2. The molecule has 3 aromatic heterocycles. The molecule has 34 heavy (non-hydrogen) atoms. The summed E-state index contributed by atoms with van der Waals surface area (Å²) in [5.74, 6) is 2.11. The maximum atomic E-state index is 8.84. The fourth-order valence-electron chi connectivity index (χ4n) is 3.42. The summed E-state index contributed by atoms with van der Waals surface area (Å²) in [5.41, 5.74) is 9.37. The van der Waals surface area contributed by atoms with Crippen molar-refractivity contribution < 1.29 is 9.84 Å². The van der Waals surface area contributed by atoms with E-state index in [0.717, 1.165) is 30.5 Å². The van der Waals surface area contributed by atoms with Crippen LogP contribution < -0.4 is 21.1 Å². The van der Waals surface area contributed by atoms with Crippen LogP contribution in [-0.4, -0.2) is 49.5 Å². The Labute approximate surface area is 198 Å². The molecule has 0 atom stereocenters. The highest BCUT2D eigenvalue weighted by atomic mass is 16.5. The Morgan fingerprint density at radius 2 is 1.88 bits per heavy atom. The minimum Gasteiger partial charge on any atom is -0.439 e. The van der Waals surface area contributed by atoms with Crippen molar-refractivity contribution >= 4 is 22.8 Å². The van der Waals surface area contributed by atoms with Crippen LogP contribution in [0, 0.1) is 0 Å². The van der Waals surface area contributed by atoms with Gasteiger partial charge in [0.2, 0.25) is 11.8 Å². The minimum absolute atomic E-state index is 0.125. The number of benzene rings is 1. The third-order valence-corrected chi connectivity index (χ3v) is 5.16. The molecule has 0 saturated heterocycles. The van der Waals surface area contributed by atoms with E-state index < -0.39 is 0 Å². The number of nitrogens with zero attached hydrogens (tertiary/aromatic N) is 5. The second-order valence-corrected chi connectivity index (χ2v) is 7.92. The first-order chi connectivity index (χ1) is 16.6. The molecule has 0 saturated carbocycles. The Hall–Kier alpha value is -3.76. The van der Waals surface area contributed by atoms with Crippen molar-refractivity contribution in [2.75, 3.05) is 30.7 Å². The summed E-state index contributed by atoms with van der Waals surface area (Å²) in [6, 6.07) is 11.6. The van der Waals surface area contributed by atoms with Crippen LogP contribution in [0.1, 0.15) is 30.9 Å². The van der Waals surface area contributed by atoms with Crippen LogP contribution in [0.2, 0.25) is 0 Å². The van der Waals surface area contributed by atoms with E-state index >= 15 is 0 Å². The van der Waals surface area contributed by atoms with Gasteiger partial charge >= 0.3 is 0 Å². The molecule has 178 valence electrons. The molecule has 0 aliphatic heterocycles. The summed E-state index contributed by atoms with van der Waals surface area (Å²) in [6.45, 7) is 4.88. The first kappa shape index (κ1) is 23.4. The quantitative estimate of drug-likeness (QED) is 0.234. The number of hydrogen-bond donors (Lipinski definition) is 4. The molecule has 1 aromatic carbocycles. The van der Waals surface area contributed by atoms with Crippen molar-refractivity contribution in [3.05, 3.63) is 59.9 Å². The zero-order chi connectivity index (χ0) is 23.8. The van der Waals surface area contributed by atoms with Crippen molar-refractivity contribution in [2.24, 2.45) is 0 Å². The van der Waals surface area contributed by atoms with Crippen LogP contribution in [0.25, 0.3) is 11.0 Å².